The van der Waals surface area contributed by atoms with Crippen LogP contribution in [0.2, 0.25) is 0 Å². The summed E-state index contributed by atoms with van der Waals surface area (Å²) >= 11 is 0. The summed E-state index contributed by atoms with van der Waals surface area (Å²) in [4.78, 5) is 12.8. The Morgan fingerprint density at radius 3 is 2.84 bits per heavy atom. The summed E-state index contributed by atoms with van der Waals surface area (Å²) < 4.78 is 5.54. The molecule has 0 saturated heterocycles. The fourth-order valence-electron chi connectivity index (χ4n) is 1.70. The van der Waals surface area contributed by atoms with Crippen molar-refractivity contribution in [2.75, 3.05) is 13.7 Å². The van der Waals surface area contributed by atoms with Crippen molar-refractivity contribution in [2.45, 2.75) is 19.9 Å². The number of nitrogens with zero attached hydrogens (tertiary/aromatic N) is 3. The quantitative estimate of drug-likeness (QED) is 0.851. The molecule has 0 spiro atoms. The van der Waals surface area contributed by atoms with Gasteiger partial charge in [0, 0.05) is 42.3 Å². The molecule has 1 N–H and O–H groups in total. The van der Waals surface area contributed by atoms with Gasteiger partial charge in [0.15, 0.2) is 0 Å². The van der Waals surface area contributed by atoms with Crippen LogP contribution in [0.5, 0.6) is 6.01 Å². The third-order valence-electron chi connectivity index (χ3n) is 2.74. The molecule has 0 amide bonds. The van der Waals surface area contributed by atoms with Gasteiger partial charge in [-0.2, -0.15) is 0 Å². The number of pyridine rings is 1. The number of nitrogens with one attached hydrogen (secondary N) is 1. The zero-order valence-electron chi connectivity index (χ0n) is 11.3. The van der Waals surface area contributed by atoms with Gasteiger partial charge in [-0.05, 0) is 26.1 Å². The van der Waals surface area contributed by atoms with Crippen molar-refractivity contribution in [3.8, 4) is 6.01 Å². The molecule has 100 valence electrons. The highest BCUT2D eigenvalue weighted by molar-refractivity contribution is 5.17. The van der Waals surface area contributed by atoms with Crippen molar-refractivity contribution in [3.05, 3.63) is 47.5 Å². The van der Waals surface area contributed by atoms with Crippen LogP contribution in [0.1, 0.15) is 17.0 Å². The van der Waals surface area contributed by atoms with E-state index in [1.165, 1.54) is 0 Å². The Balaban J connectivity index is 1.88. The van der Waals surface area contributed by atoms with Crippen LogP contribution in [0.25, 0.3) is 0 Å². The number of hydrogen-bond acceptors (Lipinski definition) is 5. The first-order chi connectivity index (χ1) is 9.29. The van der Waals surface area contributed by atoms with E-state index in [0.29, 0.717) is 12.6 Å². The second-order valence-electron chi connectivity index (χ2n) is 4.21. The van der Waals surface area contributed by atoms with Gasteiger partial charge in [-0.1, -0.05) is 6.07 Å². The van der Waals surface area contributed by atoms with Gasteiger partial charge in [0.1, 0.15) is 0 Å². The number of hydrogen-bond donors (Lipinski definition) is 1. The molecule has 0 fully saturated rings. The van der Waals surface area contributed by atoms with E-state index >= 15 is 0 Å². The molecule has 0 radical (unpaired) electrons. The van der Waals surface area contributed by atoms with Crippen LogP contribution < -0.4 is 10.1 Å². The zero-order chi connectivity index (χ0) is 13.5. The SMILES string of the molecule is CNCc1cnc(OCCc2ccccn2)nc1C. The summed E-state index contributed by atoms with van der Waals surface area (Å²) in [6, 6.07) is 6.27. The van der Waals surface area contributed by atoms with Crippen LogP contribution in [0.15, 0.2) is 30.6 Å². The number of rotatable bonds is 6. The molecular formula is C14H18N4O. The average Bonchev–Trinajstić information content (AvgIpc) is 2.43. The molecule has 2 rings (SSSR count). The Morgan fingerprint density at radius 2 is 2.16 bits per heavy atom. The Kier molecular flexibility index (Phi) is 4.80. The Morgan fingerprint density at radius 1 is 1.26 bits per heavy atom. The normalized spacial score (nSPS) is 10.4. The van der Waals surface area contributed by atoms with Crippen LogP contribution >= 0.6 is 0 Å². The van der Waals surface area contributed by atoms with Gasteiger partial charge in [-0.25, -0.2) is 9.97 Å². The molecule has 0 atom stereocenters. The highest BCUT2D eigenvalue weighted by atomic mass is 16.5. The van der Waals surface area contributed by atoms with E-state index < -0.39 is 0 Å². The van der Waals surface area contributed by atoms with Crippen LogP contribution in [-0.4, -0.2) is 28.6 Å². The van der Waals surface area contributed by atoms with E-state index in [2.05, 4.69) is 20.3 Å². The predicted octanol–water partition coefficient (Wildman–Crippen LogP) is 1.52. The van der Waals surface area contributed by atoms with Gasteiger partial charge < -0.3 is 10.1 Å². The van der Waals surface area contributed by atoms with Crippen LogP contribution in [0.4, 0.5) is 0 Å². The zero-order valence-corrected chi connectivity index (χ0v) is 11.3. The van der Waals surface area contributed by atoms with Gasteiger partial charge in [-0.15, -0.1) is 0 Å². The minimum Gasteiger partial charge on any atom is -0.463 e. The van der Waals surface area contributed by atoms with Gasteiger partial charge >= 0.3 is 6.01 Å². The minimum absolute atomic E-state index is 0.424. The predicted molar refractivity (Wildman–Crippen MR) is 73.0 cm³/mol. The van der Waals surface area contributed by atoms with Gasteiger partial charge in [0.2, 0.25) is 0 Å². The lowest BCUT2D eigenvalue weighted by Gasteiger charge is -2.07. The lowest BCUT2D eigenvalue weighted by Crippen LogP contribution is -2.10. The Hall–Kier alpha value is -2.01. The summed E-state index contributed by atoms with van der Waals surface area (Å²) in [5.74, 6) is 0. The molecule has 0 saturated carbocycles. The molecule has 5 nitrogen and oxygen atoms in total. The maximum absolute atomic E-state index is 5.54. The second-order valence-corrected chi connectivity index (χ2v) is 4.21. The summed E-state index contributed by atoms with van der Waals surface area (Å²) in [5.41, 5.74) is 3.03. The summed E-state index contributed by atoms with van der Waals surface area (Å²) in [5, 5.41) is 3.08. The van der Waals surface area contributed by atoms with Crippen molar-refractivity contribution in [1.29, 1.82) is 0 Å². The summed E-state index contributed by atoms with van der Waals surface area (Å²) in [6.07, 6.45) is 4.33. The highest BCUT2D eigenvalue weighted by Gasteiger charge is 2.03. The van der Waals surface area contributed by atoms with E-state index in [4.69, 9.17) is 4.74 Å². The van der Waals surface area contributed by atoms with E-state index in [0.717, 1.165) is 29.9 Å². The van der Waals surface area contributed by atoms with Crippen molar-refractivity contribution >= 4 is 0 Å². The second kappa shape index (κ2) is 6.80. The number of ether oxygens (including phenoxy) is 1. The fraction of sp³-hybridized carbons (Fsp3) is 0.357. The topological polar surface area (TPSA) is 59.9 Å². The lowest BCUT2D eigenvalue weighted by atomic mass is 10.2. The molecule has 2 aromatic rings. The van der Waals surface area contributed by atoms with Crippen molar-refractivity contribution in [3.63, 3.8) is 0 Å². The van der Waals surface area contributed by atoms with Gasteiger partial charge in [0.05, 0.1) is 6.61 Å². The molecule has 2 heterocycles. The molecule has 0 bridgehead atoms. The van der Waals surface area contributed by atoms with Crippen molar-refractivity contribution in [1.82, 2.24) is 20.3 Å². The molecule has 5 heteroatoms. The molecule has 0 unspecified atom stereocenters. The maximum atomic E-state index is 5.54. The van der Waals surface area contributed by atoms with Crippen LogP contribution in [0.3, 0.4) is 0 Å². The van der Waals surface area contributed by atoms with Crippen molar-refractivity contribution in [2.24, 2.45) is 0 Å². The lowest BCUT2D eigenvalue weighted by molar-refractivity contribution is 0.294. The van der Waals surface area contributed by atoms with Gasteiger partial charge in [-0.3, -0.25) is 4.98 Å². The van der Waals surface area contributed by atoms with E-state index in [1.807, 2.05) is 32.2 Å². The van der Waals surface area contributed by atoms with E-state index in [9.17, 15) is 0 Å². The molecule has 0 aliphatic rings. The third kappa shape index (κ3) is 3.99. The fourth-order valence-corrected chi connectivity index (χ4v) is 1.70. The van der Waals surface area contributed by atoms with E-state index in [1.54, 1.807) is 12.4 Å². The smallest absolute Gasteiger partial charge is 0.316 e. The first-order valence-electron chi connectivity index (χ1n) is 6.29. The van der Waals surface area contributed by atoms with Crippen LogP contribution in [-0.2, 0) is 13.0 Å². The van der Waals surface area contributed by atoms with Crippen molar-refractivity contribution < 1.29 is 4.74 Å². The standard InChI is InChI=1S/C14H18N4O/c1-11-12(9-15-2)10-17-14(18-11)19-8-6-13-5-3-4-7-16-13/h3-5,7,10,15H,6,8-9H2,1-2H3. The third-order valence-corrected chi connectivity index (χ3v) is 2.74. The average molecular weight is 258 g/mol. The number of aromatic nitrogens is 3. The molecule has 19 heavy (non-hydrogen) atoms. The molecule has 0 aromatic carbocycles. The molecular weight excluding hydrogens is 240 g/mol. The minimum atomic E-state index is 0.424. The maximum Gasteiger partial charge on any atom is 0.316 e. The summed E-state index contributed by atoms with van der Waals surface area (Å²) in [7, 11) is 1.90. The first-order valence-corrected chi connectivity index (χ1v) is 6.29. The Labute approximate surface area is 113 Å². The Bertz CT molecular complexity index is 516. The highest BCUT2D eigenvalue weighted by Crippen LogP contribution is 2.08. The first kappa shape index (κ1) is 13.4. The molecule has 2 aromatic heterocycles. The van der Waals surface area contributed by atoms with E-state index in [-0.39, 0.29) is 0 Å². The van der Waals surface area contributed by atoms with Crippen LogP contribution in [0, 0.1) is 6.92 Å². The summed E-state index contributed by atoms with van der Waals surface area (Å²) in [6.45, 7) is 3.25. The molecule has 0 aliphatic heterocycles. The van der Waals surface area contributed by atoms with Gasteiger partial charge in [0.25, 0.3) is 0 Å². The number of aryl methyl sites for hydroxylation is 1. The molecule has 0 aliphatic carbocycles. The monoisotopic (exact) mass is 258 g/mol. The largest absolute Gasteiger partial charge is 0.463 e.